The summed E-state index contributed by atoms with van der Waals surface area (Å²) in [6, 6.07) is 5.18. The summed E-state index contributed by atoms with van der Waals surface area (Å²) in [6.45, 7) is 6.02. The SMILES string of the molecule is CC.COB1Oc2c(cccc2C(=O)O)CC1C. The van der Waals surface area contributed by atoms with Crippen molar-refractivity contribution >= 4 is 13.1 Å². The number of benzene rings is 1. The third-order valence-corrected chi connectivity index (χ3v) is 2.80. The summed E-state index contributed by atoms with van der Waals surface area (Å²) in [5, 5.41) is 9.04. The third-order valence-electron chi connectivity index (χ3n) is 2.80. The van der Waals surface area contributed by atoms with Crippen molar-refractivity contribution in [2.45, 2.75) is 33.0 Å². The van der Waals surface area contributed by atoms with Gasteiger partial charge >= 0.3 is 13.1 Å². The van der Waals surface area contributed by atoms with Crippen molar-refractivity contribution < 1.29 is 19.2 Å². The number of carboxylic acid groups (broad SMARTS) is 1. The van der Waals surface area contributed by atoms with E-state index in [2.05, 4.69) is 0 Å². The van der Waals surface area contributed by atoms with Crippen LogP contribution in [-0.4, -0.2) is 25.3 Å². The highest BCUT2D eigenvalue weighted by atomic mass is 16.6. The molecule has 1 aromatic carbocycles. The zero-order valence-electron chi connectivity index (χ0n) is 11.3. The van der Waals surface area contributed by atoms with E-state index in [-0.39, 0.29) is 18.5 Å². The molecule has 0 aliphatic carbocycles. The van der Waals surface area contributed by atoms with Gasteiger partial charge in [-0.05, 0) is 18.1 Å². The van der Waals surface area contributed by atoms with E-state index in [1.54, 1.807) is 19.2 Å². The van der Waals surface area contributed by atoms with E-state index in [4.69, 9.17) is 14.4 Å². The quantitative estimate of drug-likeness (QED) is 0.820. The number of carboxylic acids is 1. The Morgan fingerprint density at radius 1 is 1.50 bits per heavy atom. The van der Waals surface area contributed by atoms with Crippen LogP contribution in [0.3, 0.4) is 0 Å². The Labute approximate surface area is 108 Å². The van der Waals surface area contributed by atoms with Crippen LogP contribution in [-0.2, 0) is 11.1 Å². The molecule has 1 aliphatic heterocycles. The number of hydrogen-bond donors (Lipinski definition) is 1. The average molecular weight is 250 g/mol. The van der Waals surface area contributed by atoms with Crippen LogP contribution >= 0.6 is 0 Å². The standard InChI is InChI=1S/C11H13BO4.C2H6/c1-7-6-8-4-3-5-9(11(13)14)10(8)16-12(7)15-2;1-2/h3-5,7H,6H2,1-2H3,(H,13,14);1-2H3. The van der Waals surface area contributed by atoms with Crippen molar-refractivity contribution in [1.82, 2.24) is 0 Å². The molecule has 0 aromatic heterocycles. The largest absolute Gasteiger partial charge is 0.535 e. The van der Waals surface area contributed by atoms with E-state index in [1.807, 2.05) is 26.8 Å². The molecule has 1 heterocycles. The maximum atomic E-state index is 11.0. The zero-order valence-corrected chi connectivity index (χ0v) is 11.3. The molecular weight excluding hydrogens is 231 g/mol. The van der Waals surface area contributed by atoms with Gasteiger partial charge in [0.1, 0.15) is 5.75 Å². The number of para-hydroxylation sites is 1. The fraction of sp³-hybridized carbons (Fsp3) is 0.462. The van der Waals surface area contributed by atoms with Crippen LogP contribution in [0.5, 0.6) is 5.75 Å². The highest BCUT2D eigenvalue weighted by Gasteiger charge is 2.35. The Kier molecular flexibility index (Phi) is 5.22. The summed E-state index contributed by atoms with van der Waals surface area (Å²) in [5.41, 5.74) is 1.13. The molecule has 5 heteroatoms. The van der Waals surface area contributed by atoms with Crippen LogP contribution in [0.15, 0.2) is 18.2 Å². The van der Waals surface area contributed by atoms with E-state index in [0.29, 0.717) is 5.75 Å². The molecule has 0 amide bonds. The number of rotatable bonds is 2. The summed E-state index contributed by atoms with van der Waals surface area (Å²) in [4.78, 5) is 11.0. The number of aromatic carboxylic acids is 1. The van der Waals surface area contributed by atoms with Gasteiger partial charge in [-0.1, -0.05) is 32.9 Å². The summed E-state index contributed by atoms with van der Waals surface area (Å²) in [6.07, 6.45) is 0.773. The van der Waals surface area contributed by atoms with Crippen molar-refractivity contribution in [2.75, 3.05) is 7.11 Å². The molecular formula is C13H19BO4. The Morgan fingerprint density at radius 3 is 2.72 bits per heavy atom. The van der Waals surface area contributed by atoms with E-state index in [1.165, 1.54) is 0 Å². The summed E-state index contributed by atoms with van der Waals surface area (Å²) < 4.78 is 10.8. The minimum absolute atomic E-state index is 0.200. The Balaban J connectivity index is 0.000000771. The lowest BCUT2D eigenvalue weighted by Crippen LogP contribution is -2.35. The van der Waals surface area contributed by atoms with Gasteiger partial charge in [0, 0.05) is 12.9 Å². The number of hydrogen-bond acceptors (Lipinski definition) is 3. The Hall–Kier alpha value is -1.49. The zero-order chi connectivity index (χ0) is 13.7. The molecule has 1 atom stereocenters. The van der Waals surface area contributed by atoms with E-state index < -0.39 is 5.97 Å². The first-order valence-electron chi connectivity index (χ1n) is 6.18. The fourth-order valence-electron chi connectivity index (χ4n) is 2.01. The molecule has 98 valence electrons. The minimum atomic E-state index is -0.971. The predicted octanol–water partition coefficient (Wildman–Crippen LogP) is 2.87. The Morgan fingerprint density at radius 2 is 2.17 bits per heavy atom. The van der Waals surface area contributed by atoms with Crippen LogP contribution in [0.2, 0.25) is 5.82 Å². The summed E-state index contributed by atoms with van der Waals surface area (Å²) in [5.74, 6) is -0.303. The second-order valence-electron chi connectivity index (χ2n) is 4.00. The molecule has 0 saturated heterocycles. The maximum absolute atomic E-state index is 11.0. The third kappa shape index (κ3) is 2.85. The lowest BCUT2D eigenvalue weighted by atomic mass is 9.67. The molecule has 18 heavy (non-hydrogen) atoms. The molecule has 0 bridgehead atoms. The van der Waals surface area contributed by atoms with Gasteiger partial charge < -0.3 is 14.4 Å². The highest BCUT2D eigenvalue weighted by molar-refractivity contribution is 6.47. The van der Waals surface area contributed by atoms with Crippen LogP contribution < -0.4 is 4.65 Å². The van der Waals surface area contributed by atoms with Gasteiger partial charge in [-0.3, -0.25) is 0 Å². The fourth-order valence-corrected chi connectivity index (χ4v) is 2.01. The van der Waals surface area contributed by atoms with Crippen LogP contribution in [0.4, 0.5) is 0 Å². The van der Waals surface area contributed by atoms with E-state index in [9.17, 15) is 4.79 Å². The lowest BCUT2D eigenvalue weighted by molar-refractivity contribution is 0.0694. The number of carbonyl (C=O) groups is 1. The molecule has 0 spiro atoms. The molecule has 1 unspecified atom stereocenters. The molecule has 0 fully saturated rings. The van der Waals surface area contributed by atoms with Crippen LogP contribution in [0.1, 0.15) is 36.7 Å². The average Bonchev–Trinajstić information content (AvgIpc) is 2.39. The second-order valence-corrected chi connectivity index (χ2v) is 4.00. The van der Waals surface area contributed by atoms with Crippen LogP contribution in [0, 0.1) is 0 Å². The van der Waals surface area contributed by atoms with Gasteiger partial charge in [0.25, 0.3) is 0 Å². The van der Waals surface area contributed by atoms with Crippen molar-refractivity contribution in [3.8, 4) is 5.75 Å². The van der Waals surface area contributed by atoms with Crippen molar-refractivity contribution in [3.05, 3.63) is 29.3 Å². The van der Waals surface area contributed by atoms with Gasteiger partial charge in [0.2, 0.25) is 0 Å². The second kappa shape index (κ2) is 6.45. The van der Waals surface area contributed by atoms with Gasteiger partial charge in [-0.25, -0.2) is 4.79 Å². The molecule has 2 rings (SSSR count). The summed E-state index contributed by atoms with van der Waals surface area (Å²) in [7, 11) is 1.20. The van der Waals surface area contributed by atoms with E-state index in [0.717, 1.165) is 12.0 Å². The molecule has 1 aromatic rings. The maximum Gasteiger partial charge on any atom is 0.528 e. The molecule has 0 saturated carbocycles. The van der Waals surface area contributed by atoms with E-state index >= 15 is 0 Å². The molecule has 4 nitrogen and oxygen atoms in total. The predicted molar refractivity (Wildman–Crippen MR) is 71.3 cm³/mol. The topological polar surface area (TPSA) is 55.8 Å². The lowest BCUT2D eigenvalue weighted by Gasteiger charge is -2.27. The van der Waals surface area contributed by atoms with Gasteiger partial charge in [0.15, 0.2) is 0 Å². The van der Waals surface area contributed by atoms with Gasteiger partial charge in [-0.15, -0.1) is 0 Å². The Bertz CT molecular complexity index is 419. The molecule has 1 aliphatic rings. The first-order chi connectivity index (χ1) is 8.63. The van der Waals surface area contributed by atoms with Crippen LogP contribution in [0.25, 0.3) is 0 Å². The monoisotopic (exact) mass is 250 g/mol. The minimum Gasteiger partial charge on any atom is -0.535 e. The normalized spacial score (nSPS) is 17.1. The van der Waals surface area contributed by atoms with Crippen molar-refractivity contribution in [2.24, 2.45) is 0 Å². The van der Waals surface area contributed by atoms with Gasteiger partial charge in [0.05, 0.1) is 5.56 Å². The van der Waals surface area contributed by atoms with Crippen molar-refractivity contribution in [1.29, 1.82) is 0 Å². The first kappa shape index (κ1) is 14.6. The smallest absolute Gasteiger partial charge is 0.528 e. The summed E-state index contributed by atoms with van der Waals surface area (Å²) >= 11 is 0. The number of fused-ring (bicyclic) bond motifs is 1. The van der Waals surface area contributed by atoms with Crippen molar-refractivity contribution in [3.63, 3.8) is 0 Å². The van der Waals surface area contributed by atoms with Gasteiger partial charge in [-0.2, -0.15) is 0 Å². The molecule has 0 radical (unpaired) electrons. The first-order valence-corrected chi connectivity index (χ1v) is 6.18. The highest BCUT2D eigenvalue weighted by Crippen LogP contribution is 2.34. The molecule has 1 N–H and O–H groups in total.